The number of carbonyl (C=O) groups is 1. The van der Waals surface area contributed by atoms with Crippen molar-refractivity contribution in [3.63, 3.8) is 0 Å². The zero-order chi connectivity index (χ0) is 17.6. The molecule has 0 atom stereocenters. The smallest absolute Gasteiger partial charge is 0.261 e. The highest BCUT2D eigenvalue weighted by Crippen LogP contribution is 2.21. The molecule has 0 aliphatic rings. The minimum absolute atomic E-state index is 0.0414. The third kappa shape index (κ3) is 4.23. The van der Waals surface area contributed by atoms with E-state index in [1.54, 1.807) is 30.3 Å². The van der Waals surface area contributed by atoms with Crippen LogP contribution in [0.15, 0.2) is 66.1 Å². The summed E-state index contributed by atoms with van der Waals surface area (Å²) in [7, 11) is -3.77. The number of benzene rings is 2. The van der Waals surface area contributed by atoms with E-state index in [1.165, 1.54) is 12.1 Å². The molecule has 0 spiro atoms. The second-order valence-corrected chi connectivity index (χ2v) is 6.83. The summed E-state index contributed by atoms with van der Waals surface area (Å²) in [5.74, 6) is -0.346. The van der Waals surface area contributed by atoms with Crippen LogP contribution in [0.4, 0.5) is 5.69 Å². The van der Waals surface area contributed by atoms with Crippen molar-refractivity contribution in [3.8, 4) is 0 Å². The molecule has 2 rings (SSSR count). The van der Waals surface area contributed by atoms with Crippen LogP contribution in [-0.2, 0) is 16.4 Å². The zero-order valence-corrected chi connectivity index (χ0v) is 14.3. The number of hydrogen-bond acceptors (Lipinski definition) is 3. The monoisotopic (exact) mass is 344 g/mol. The van der Waals surface area contributed by atoms with Gasteiger partial charge in [0.2, 0.25) is 0 Å². The SMILES string of the molecule is C=CCNC(=O)c1cccc(S(=O)(=O)Nc2ccccc2CC)c1. The second-order valence-electron chi connectivity index (χ2n) is 5.14. The summed E-state index contributed by atoms with van der Waals surface area (Å²) in [6.45, 7) is 5.80. The number of sulfonamides is 1. The Labute approximate surface area is 142 Å². The minimum Gasteiger partial charge on any atom is -0.349 e. The zero-order valence-electron chi connectivity index (χ0n) is 13.5. The van der Waals surface area contributed by atoms with Crippen LogP contribution in [0.5, 0.6) is 0 Å². The van der Waals surface area contributed by atoms with Gasteiger partial charge in [0.1, 0.15) is 0 Å². The van der Waals surface area contributed by atoms with Crippen LogP contribution in [0, 0.1) is 0 Å². The Hall–Kier alpha value is -2.60. The van der Waals surface area contributed by atoms with Crippen LogP contribution in [0.25, 0.3) is 0 Å². The first-order valence-corrected chi connectivity index (χ1v) is 9.06. The maximum absolute atomic E-state index is 12.6. The Morgan fingerprint density at radius 1 is 1.17 bits per heavy atom. The molecule has 0 radical (unpaired) electrons. The lowest BCUT2D eigenvalue weighted by Crippen LogP contribution is -2.23. The van der Waals surface area contributed by atoms with E-state index in [9.17, 15) is 13.2 Å². The fraction of sp³-hybridized carbons (Fsp3) is 0.167. The molecule has 0 saturated carbocycles. The van der Waals surface area contributed by atoms with Crippen LogP contribution in [0.3, 0.4) is 0 Å². The van der Waals surface area contributed by atoms with Crippen molar-refractivity contribution < 1.29 is 13.2 Å². The molecule has 0 bridgehead atoms. The van der Waals surface area contributed by atoms with Crippen molar-refractivity contribution in [2.75, 3.05) is 11.3 Å². The molecule has 0 unspecified atom stereocenters. The van der Waals surface area contributed by atoms with Crippen molar-refractivity contribution in [2.45, 2.75) is 18.2 Å². The summed E-state index contributed by atoms with van der Waals surface area (Å²) < 4.78 is 27.8. The molecule has 0 aliphatic heterocycles. The second kappa shape index (κ2) is 7.79. The van der Waals surface area contributed by atoms with E-state index in [1.807, 2.05) is 19.1 Å². The molecule has 24 heavy (non-hydrogen) atoms. The van der Waals surface area contributed by atoms with Gasteiger partial charge < -0.3 is 5.32 Å². The van der Waals surface area contributed by atoms with Crippen LogP contribution in [0.1, 0.15) is 22.8 Å². The minimum atomic E-state index is -3.77. The molecule has 2 aromatic rings. The third-order valence-electron chi connectivity index (χ3n) is 3.46. The number of anilines is 1. The quantitative estimate of drug-likeness (QED) is 0.758. The van der Waals surface area contributed by atoms with Crippen molar-refractivity contribution in [1.82, 2.24) is 5.32 Å². The van der Waals surface area contributed by atoms with E-state index >= 15 is 0 Å². The maximum atomic E-state index is 12.6. The number of aryl methyl sites for hydroxylation is 1. The molecule has 1 amide bonds. The average Bonchev–Trinajstić information content (AvgIpc) is 2.60. The van der Waals surface area contributed by atoms with Gasteiger partial charge >= 0.3 is 0 Å². The maximum Gasteiger partial charge on any atom is 0.261 e. The number of para-hydroxylation sites is 1. The lowest BCUT2D eigenvalue weighted by molar-refractivity contribution is 0.0958. The van der Waals surface area contributed by atoms with E-state index in [2.05, 4.69) is 16.6 Å². The summed E-state index contributed by atoms with van der Waals surface area (Å²) in [6.07, 6.45) is 2.27. The molecule has 0 aromatic heterocycles. The van der Waals surface area contributed by atoms with Crippen molar-refractivity contribution in [2.24, 2.45) is 0 Å². The Kier molecular flexibility index (Phi) is 5.76. The van der Waals surface area contributed by atoms with E-state index < -0.39 is 10.0 Å². The normalized spacial score (nSPS) is 10.9. The van der Waals surface area contributed by atoms with Gasteiger partial charge in [-0.2, -0.15) is 0 Å². The van der Waals surface area contributed by atoms with Gasteiger partial charge in [-0.3, -0.25) is 9.52 Å². The first kappa shape index (κ1) is 17.7. The van der Waals surface area contributed by atoms with Crippen LogP contribution < -0.4 is 10.0 Å². The Balaban J connectivity index is 2.29. The summed E-state index contributed by atoms with van der Waals surface area (Å²) in [4.78, 5) is 12.0. The third-order valence-corrected chi connectivity index (χ3v) is 4.82. The molecule has 0 fully saturated rings. The Morgan fingerprint density at radius 3 is 2.62 bits per heavy atom. The first-order valence-electron chi connectivity index (χ1n) is 7.58. The number of amides is 1. The number of rotatable bonds is 7. The summed E-state index contributed by atoms with van der Waals surface area (Å²) in [5, 5.41) is 2.62. The van der Waals surface area contributed by atoms with Crippen molar-refractivity contribution in [1.29, 1.82) is 0 Å². The first-order chi connectivity index (χ1) is 11.5. The van der Waals surface area contributed by atoms with E-state index in [0.717, 1.165) is 5.56 Å². The molecular formula is C18H20N2O3S. The van der Waals surface area contributed by atoms with Crippen LogP contribution >= 0.6 is 0 Å². The highest BCUT2D eigenvalue weighted by Gasteiger charge is 2.17. The molecule has 2 N–H and O–H groups in total. The molecule has 126 valence electrons. The molecular weight excluding hydrogens is 324 g/mol. The van der Waals surface area contributed by atoms with Crippen LogP contribution in [0.2, 0.25) is 0 Å². The number of nitrogens with one attached hydrogen (secondary N) is 2. The van der Waals surface area contributed by atoms with Gasteiger partial charge in [-0.05, 0) is 36.2 Å². The molecule has 0 aliphatic carbocycles. The Morgan fingerprint density at radius 2 is 1.92 bits per heavy atom. The number of carbonyl (C=O) groups excluding carboxylic acids is 1. The fourth-order valence-corrected chi connectivity index (χ4v) is 3.35. The predicted molar refractivity (Wildman–Crippen MR) is 95.6 cm³/mol. The summed E-state index contributed by atoms with van der Waals surface area (Å²) in [6, 6.07) is 13.2. The summed E-state index contributed by atoms with van der Waals surface area (Å²) >= 11 is 0. The van der Waals surface area contributed by atoms with Crippen molar-refractivity contribution in [3.05, 3.63) is 72.3 Å². The molecule has 2 aromatic carbocycles. The van der Waals surface area contributed by atoms with Gasteiger partial charge in [0, 0.05) is 12.1 Å². The molecule has 6 heteroatoms. The van der Waals surface area contributed by atoms with Gasteiger partial charge in [-0.1, -0.05) is 37.3 Å². The van der Waals surface area contributed by atoms with Crippen molar-refractivity contribution >= 4 is 21.6 Å². The lowest BCUT2D eigenvalue weighted by Gasteiger charge is -2.12. The van der Waals surface area contributed by atoms with E-state index in [-0.39, 0.29) is 16.4 Å². The van der Waals surface area contributed by atoms with Gasteiger partial charge in [0.15, 0.2) is 0 Å². The molecule has 0 saturated heterocycles. The fourth-order valence-electron chi connectivity index (χ4n) is 2.20. The highest BCUT2D eigenvalue weighted by molar-refractivity contribution is 7.92. The number of hydrogen-bond donors (Lipinski definition) is 2. The van der Waals surface area contributed by atoms with Gasteiger partial charge in [-0.15, -0.1) is 6.58 Å². The Bertz CT molecular complexity index is 845. The summed E-state index contributed by atoms with van der Waals surface area (Å²) in [5.41, 5.74) is 1.73. The van der Waals surface area contributed by atoms with E-state index in [4.69, 9.17) is 0 Å². The highest BCUT2D eigenvalue weighted by atomic mass is 32.2. The molecule has 0 heterocycles. The standard InChI is InChI=1S/C18H20N2O3S/c1-3-12-19-18(21)15-9-7-10-16(13-15)24(22,23)20-17-11-6-5-8-14(17)4-2/h3,5-11,13,20H,1,4,12H2,2H3,(H,19,21). The molecule has 5 nitrogen and oxygen atoms in total. The van der Waals surface area contributed by atoms with Gasteiger partial charge in [0.25, 0.3) is 15.9 Å². The van der Waals surface area contributed by atoms with Crippen LogP contribution in [-0.4, -0.2) is 20.9 Å². The largest absolute Gasteiger partial charge is 0.349 e. The van der Waals surface area contributed by atoms with E-state index in [0.29, 0.717) is 18.7 Å². The van der Waals surface area contributed by atoms with Gasteiger partial charge in [0.05, 0.1) is 10.6 Å². The predicted octanol–water partition coefficient (Wildman–Crippen LogP) is 2.97. The topological polar surface area (TPSA) is 75.3 Å². The lowest BCUT2D eigenvalue weighted by atomic mass is 10.1. The van der Waals surface area contributed by atoms with Gasteiger partial charge in [-0.25, -0.2) is 8.42 Å². The average molecular weight is 344 g/mol.